The monoisotopic (exact) mass is 459 g/mol. The van der Waals surface area contributed by atoms with Gasteiger partial charge in [0, 0.05) is 24.1 Å². The molecule has 32 heavy (non-hydrogen) atoms. The summed E-state index contributed by atoms with van der Waals surface area (Å²) in [5, 5.41) is 6.66. The molecule has 0 radical (unpaired) electrons. The van der Waals surface area contributed by atoms with E-state index in [0.29, 0.717) is 36.4 Å². The molecular weight excluding hydrogens is 424 g/mol. The second-order valence-electron chi connectivity index (χ2n) is 9.32. The van der Waals surface area contributed by atoms with Gasteiger partial charge in [0.2, 0.25) is 5.95 Å². The standard InChI is InChI=1S/C24H35FN5OP/c25-18-5-1-15(2-6-18)13-19(26)14-28-24-29-22(17-9-11-27-12-10-17)21(23(31)30-24)16-3-7-20(32)8-4-16/h1-2,5-6,16-17,19-20,27H,3-4,7-14,26,32H2,(H2,28,29,30,31). The Hall–Kier alpha value is -1.82. The van der Waals surface area contributed by atoms with Crippen LogP contribution in [-0.2, 0) is 6.42 Å². The Balaban J connectivity index is 1.50. The van der Waals surface area contributed by atoms with E-state index in [0.717, 1.165) is 68.4 Å². The van der Waals surface area contributed by atoms with Gasteiger partial charge in [0.1, 0.15) is 5.82 Å². The van der Waals surface area contributed by atoms with Gasteiger partial charge in [-0.25, -0.2) is 9.37 Å². The topological polar surface area (TPSA) is 95.8 Å². The molecule has 1 aliphatic carbocycles. The minimum Gasteiger partial charge on any atom is -0.354 e. The lowest BCUT2D eigenvalue weighted by Crippen LogP contribution is -2.34. The summed E-state index contributed by atoms with van der Waals surface area (Å²) >= 11 is 0. The Bertz CT molecular complexity index is 936. The van der Waals surface area contributed by atoms with Gasteiger partial charge >= 0.3 is 0 Å². The molecule has 174 valence electrons. The Morgan fingerprint density at radius 1 is 1.09 bits per heavy atom. The van der Waals surface area contributed by atoms with Gasteiger partial charge < -0.3 is 16.4 Å². The molecule has 1 saturated carbocycles. The van der Waals surface area contributed by atoms with Gasteiger partial charge in [0.05, 0.1) is 5.69 Å². The number of H-pyrrole nitrogens is 1. The van der Waals surface area contributed by atoms with Crippen LogP contribution in [0, 0.1) is 5.82 Å². The first-order valence-electron chi connectivity index (χ1n) is 11.8. The Morgan fingerprint density at radius 2 is 1.78 bits per heavy atom. The summed E-state index contributed by atoms with van der Waals surface area (Å²) in [7, 11) is 2.93. The highest BCUT2D eigenvalue weighted by atomic mass is 31.0. The van der Waals surface area contributed by atoms with Gasteiger partial charge in [-0.05, 0) is 87.3 Å². The SMILES string of the molecule is NC(CNc1nc(C2CCNCC2)c(C2CCC(P)CC2)c(=O)[nH]1)Cc1ccc(F)cc1. The highest BCUT2D eigenvalue weighted by Gasteiger charge is 2.29. The van der Waals surface area contributed by atoms with E-state index in [2.05, 4.69) is 24.9 Å². The van der Waals surface area contributed by atoms with Crippen molar-refractivity contribution in [1.29, 1.82) is 0 Å². The minimum atomic E-state index is -0.251. The first-order valence-corrected chi connectivity index (χ1v) is 12.5. The van der Waals surface area contributed by atoms with E-state index in [1.54, 1.807) is 12.1 Å². The van der Waals surface area contributed by atoms with E-state index in [1.165, 1.54) is 12.1 Å². The number of nitrogens with one attached hydrogen (secondary N) is 3. The smallest absolute Gasteiger partial charge is 0.256 e. The van der Waals surface area contributed by atoms with E-state index in [-0.39, 0.29) is 17.4 Å². The molecule has 5 N–H and O–H groups in total. The zero-order valence-corrected chi connectivity index (χ0v) is 19.7. The third kappa shape index (κ3) is 5.94. The number of hydrogen-bond acceptors (Lipinski definition) is 5. The zero-order valence-electron chi connectivity index (χ0n) is 18.6. The molecule has 0 spiro atoms. The van der Waals surface area contributed by atoms with Crippen LogP contribution in [0.4, 0.5) is 10.3 Å². The number of anilines is 1. The van der Waals surface area contributed by atoms with E-state index >= 15 is 0 Å². The maximum atomic E-state index is 13.2. The van der Waals surface area contributed by atoms with Gasteiger partial charge in [0.25, 0.3) is 5.56 Å². The summed E-state index contributed by atoms with van der Waals surface area (Å²) < 4.78 is 13.1. The highest BCUT2D eigenvalue weighted by Crippen LogP contribution is 2.38. The van der Waals surface area contributed by atoms with Crippen LogP contribution in [0.5, 0.6) is 0 Å². The summed E-state index contributed by atoms with van der Waals surface area (Å²) in [5.74, 6) is 0.860. The van der Waals surface area contributed by atoms with Crippen LogP contribution in [0.1, 0.15) is 67.2 Å². The lowest BCUT2D eigenvalue weighted by molar-refractivity contribution is 0.422. The van der Waals surface area contributed by atoms with Crippen LogP contribution in [0.2, 0.25) is 0 Å². The van der Waals surface area contributed by atoms with Gasteiger partial charge in [-0.2, -0.15) is 0 Å². The van der Waals surface area contributed by atoms with Gasteiger partial charge in [0.15, 0.2) is 0 Å². The average molecular weight is 460 g/mol. The van der Waals surface area contributed by atoms with Crippen LogP contribution in [0.3, 0.4) is 0 Å². The van der Waals surface area contributed by atoms with Crippen molar-refractivity contribution in [1.82, 2.24) is 15.3 Å². The largest absolute Gasteiger partial charge is 0.354 e. The van der Waals surface area contributed by atoms with E-state index < -0.39 is 0 Å². The molecule has 0 amide bonds. The molecule has 1 aromatic carbocycles. The molecule has 2 unspecified atom stereocenters. The number of halogens is 1. The van der Waals surface area contributed by atoms with Crippen LogP contribution >= 0.6 is 9.24 Å². The summed E-state index contributed by atoms with van der Waals surface area (Å²) in [6.07, 6.45) is 7.00. The zero-order chi connectivity index (χ0) is 22.5. The van der Waals surface area contributed by atoms with Crippen molar-refractivity contribution >= 4 is 15.2 Å². The lowest BCUT2D eigenvalue weighted by Gasteiger charge is -2.30. The number of rotatable bonds is 7. The van der Waals surface area contributed by atoms with E-state index in [4.69, 9.17) is 10.7 Å². The molecule has 2 atom stereocenters. The average Bonchev–Trinajstić information content (AvgIpc) is 2.80. The second-order valence-corrected chi connectivity index (χ2v) is 10.3. The van der Waals surface area contributed by atoms with Crippen LogP contribution < -0.4 is 21.9 Å². The number of aromatic amines is 1. The fraction of sp³-hybridized carbons (Fsp3) is 0.583. The van der Waals surface area contributed by atoms with E-state index in [1.807, 2.05) is 0 Å². The third-order valence-corrected chi connectivity index (χ3v) is 7.50. The van der Waals surface area contributed by atoms with Crippen LogP contribution in [0.25, 0.3) is 0 Å². The Labute approximate surface area is 191 Å². The van der Waals surface area contributed by atoms with Crippen molar-refractivity contribution in [3.05, 3.63) is 57.3 Å². The maximum Gasteiger partial charge on any atom is 0.256 e. The quantitative estimate of drug-likeness (QED) is 0.477. The van der Waals surface area contributed by atoms with Crippen molar-refractivity contribution in [2.75, 3.05) is 25.0 Å². The van der Waals surface area contributed by atoms with Crippen molar-refractivity contribution in [2.45, 2.75) is 68.5 Å². The molecule has 2 aromatic rings. The van der Waals surface area contributed by atoms with Crippen LogP contribution in [-0.4, -0.2) is 41.3 Å². The van der Waals surface area contributed by atoms with Crippen molar-refractivity contribution in [3.63, 3.8) is 0 Å². The number of nitrogens with zero attached hydrogens (tertiary/aromatic N) is 1. The van der Waals surface area contributed by atoms with Gasteiger partial charge in [-0.15, -0.1) is 9.24 Å². The van der Waals surface area contributed by atoms with Crippen molar-refractivity contribution < 1.29 is 4.39 Å². The first-order chi connectivity index (χ1) is 15.5. The fourth-order valence-electron chi connectivity index (χ4n) is 5.02. The third-order valence-electron chi connectivity index (χ3n) is 6.83. The molecular formula is C24H35FN5OP. The molecule has 2 aliphatic rings. The molecule has 0 bridgehead atoms. The number of aromatic nitrogens is 2. The molecule has 2 fully saturated rings. The van der Waals surface area contributed by atoms with Gasteiger partial charge in [-0.1, -0.05) is 12.1 Å². The normalized spacial score (nSPS) is 23.1. The highest BCUT2D eigenvalue weighted by molar-refractivity contribution is 7.17. The number of nitrogens with two attached hydrogens (primary N) is 1. The first kappa shape index (κ1) is 23.3. The second kappa shape index (κ2) is 10.9. The predicted octanol–water partition coefficient (Wildman–Crippen LogP) is 3.26. The summed E-state index contributed by atoms with van der Waals surface area (Å²) in [5.41, 5.74) is 9.82. The molecule has 4 rings (SSSR count). The minimum absolute atomic E-state index is 0.00431. The molecule has 2 heterocycles. The molecule has 6 nitrogen and oxygen atoms in total. The van der Waals surface area contributed by atoms with E-state index in [9.17, 15) is 9.18 Å². The van der Waals surface area contributed by atoms with Crippen LogP contribution in [0.15, 0.2) is 29.1 Å². The number of piperidine rings is 1. The Kier molecular flexibility index (Phi) is 7.93. The summed E-state index contributed by atoms with van der Waals surface area (Å²) in [6, 6.07) is 6.23. The lowest BCUT2D eigenvalue weighted by atomic mass is 9.80. The number of benzene rings is 1. The van der Waals surface area contributed by atoms with Crippen molar-refractivity contribution in [3.8, 4) is 0 Å². The summed E-state index contributed by atoms with van der Waals surface area (Å²) in [6.45, 7) is 2.40. The molecule has 8 heteroatoms. The van der Waals surface area contributed by atoms with Gasteiger partial charge in [-0.3, -0.25) is 9.78 Å². The molecule has 1 aliphatic heterocycles. The molecule has 1 saturated heterocycles. The Morgan fingerprint density at radius 3 is 2.47 bits per heavy atom. The predicted molar refractivity (Wildman–Crippen MR) is 131 cm³/mol. The summed E-state index contributed by atoms with van der Waals surface area (Å²) in [4.78, 5) is 21.2. The maximum absolute atomic E-state index is 13.2. The molecule has 1 aromatic heterocycles. The van der Waals surface area contributed by atoms with Crippen molar-refractivity contribution in [2.24, 2.45) is 5.73 Å². The number of hydrogen-bond donors (Lipinski definition) is 4. The fourth-order valence-corrected chi connectivity index (χ4v) is 5.40.